The molecule has 0 aliphatic heterocycles. The predicted octanol–water partition coefficient (Wildman–Crippen LogP) is -0.0827. The third-order valence-corrected chi connectivity index (χ3v) is 6.55. The van der Waals surface area contributed by atoms with E-state index < -0.39 is 21.5 Å². The van der Waals surface area contributed by atoms with E-state index in [1.54, 1.807) is 19.2 Å². The number of halogens is 1. The Morgan fingerprint density at radius 3 is 2.73 bits per heavy atom. The van der Waals surface area contributed by atoms with Crippen molar-refractivity contribution in [2.75, 3.05) is 7.05 Å². The number of thiazole rings is 1. The number of amides is 1. The number of hydrogen-bond donors (Lipinski definition) is 2. The van der Waals surface area contributed by atoms with Gasteiger partial charge in [-0.2, -0.15) is 0 Å². The number of fused-ring (bicyclic) bond motifs is 3. The van der Waals surface area contributed by atoms with Crippen LogP contribution >= 0.6 is 11.3 Å². The maximum atomic E-state index is 11.6. The summed E-state index contributed by atoms with van der Waals surface area (Å²) in [7, 11) is 1.60. The average Bonchev–Trinajstić information content (AvgIpc) is 3.18. The third-order valence-electron chi connectivity index (χ3n) is 3.90. The molecule has 1 amide bonds. The molecule has 2 heterocycles. The molecule has 0 radical (unpaired) electrons. The van der Waals surface area contributed by atoms with E-state index >= 15 is 0 Å². The van der Waals surface area contributed by atoms with Crippen LogP contribution in [0.2, 0.25) is 0 Å². The monoisotopic (exact) mass is 480 g/mol. The van der Waals surface area contributed by atoms with Gasteiger partial charge in [-0.15, -0.1) is 0 Å². The molecule has 26 heavy (non-hydrogen) atoms. The van der Waals surface area contributed by atoms with Crippen molar-refractivity contribution in [1.82, 2.24) is 14.7 Å². The minimum atomic E-state index is -1.10. The van der Waals surface area contributed by atoms with Gasteiger partial charge >= 0.3 is 146 Å². The van der Waals surface area contributed by atoms with Crippen molar-refractivity contribution < 1.29 is 34.6 Å². The average molecular weight is 480 g/mol. The number of imidazole rings is 1. The summed E-state index contributed by atoms with van der Waals surface area (Å²) in [5.74, 6) is -0.119. The van der Waals surface area contributed by atoms with Gasteiger partial charge in [0, 0.05) is 7.05 Å². The van der Waals surface area contributed by atoms with Crippen LogP contribution in [0.3, 0.4) is 0 Å². The zero-order valence-electron chi connectivity index (χ0n) is 13.5. The molecule has 2 N–H and O–H groups in total. The molecule has 0 bridgehead atoms. The van der Waals surface area contributed by atoms with Crippen molar-refractivity contribution in [2.45, 2.75) is 0 Å². The summed E-state index contributed by atoms with van der Waals surface area (Å²) in [6, 6.07) is 13.1. The molecule has 0 aliphatic carbocycles. The second-order valence-corrected chi connectivity index (χ2v) is 9.02. The van der Waals surface area contributed by atoms with Crippen molar-refractivity contribution in [1.29, 1.82) is 0 Å². The fraction of sp³-hybridized carbons (Fsp3) is 0.0588. The molecule has 0 saturated carbocycles. The van der Waals surface area contributed by atoms with Crippen LogP contribution in [0, 0.1) is 8.48 Å². The van der Waals surface area contributed by atoms with E-state index in [1.807, 2.05) is 40.9 Å². The Morgan fingerprint density at radius 2 is 2.04 bits per heavy atom. The van der Waals surface area contributed by atoms with Crippen LogP contribution < -0.4 is 26.8 Å². The van der Waals surface area contributed by atoms with E-state index in [9.17, 15) is 9.70 Å². The van der Waals surface area contributed by atoms with Gasteiger partial charge < -0.3 is 5.32 Å². The standard InChI is InChI=1S/C17H13IN4O3S/c1-19-16(23)11-4-2-10(3-5-11)13-9-21-14-7-6-12(18-22(24)25)8-15(14)26-17(21)20-13/h2-9H,1H3,(H,19,23)(H,24,25). The number of aromatic nitrogens is 2. The predicted molar refractivity (Wildman–Crippen MR) is 93.5 cm³/mol. The van der Waals surface area contributed by atoms with Crippen molar-refractivity contribution in [2.24, 2.45) is 0 Å². The number of hydrogen-bond acceptors (Lipinski definition) is 4. The summed E-state index contributed by atoms with van der Waals surface area (Å²) < 4.78 is 3.91. The zero-order valence-corrected chi connectivity index (χ0v) is 16.5. The molecule has 9 heteroatoms. The molecule has 2 aromatic heterocycles. The molecule has 0 atom stereocenters. The summed E-state index contributed by atoms with van der Waals surface area (Å²) in [4.78, 5) is 28.0. The Bertz CT molecular complexity index is 1150. The van der Waals surface area contributed by atoms with Crippen molar-refractivity contribution in [3.8, 4) is 11.3 Å². The second-order valence-electron chi connectivity index (χ2n) is 5.46. The van der Waals surface area contributed by atoms with E-state index in [1.165, 1.54) is 11.3 Å². The number of carbonyl (C=O) groups excluding carboxylic acids is 1. The SMILES string of the molecule is CNC(=O)c1ccc(-c2cn3c(n2)sc2cc([I-][N+](=O)O)ccc23)cc1. The molecule has 0 aliphatic rings. The first-order valence-corrected chi connectivity index (χ1v) is 10.5. The van der Waals surface area contributed by atoms with Gasteiger partial charge in [0.05, 0.1) is 0 Å². The topological polar surface area (TPSA) is 86.7 Å². The van der Waals surface area contributed by atoms with Gasteiger partial charge in [0.2, 0.25) is 0 Å². The zero-order chi connectivity index (χ0) is 18.3. The van der Waals surface area contributed by atoms with Gasteiger partial charge in [0.25, 0.3) is 0 Å². The van der Waals surface area contributed by atoms with Gasteiger partial charge in [0.15, 0.2) is 0 Å². The molecule has 0 spiro atoms. The van der Waals surface area contributed by atoms with Crippen molar-refractivity contribution in [3.63, 3.8) is 0 Å². The minimum absolute atomic E-state index is 0.0271. The fourth-order valence-electron chi connectivity index (χ4n) is 2.69. The molecule has 0 fully saturated rings. The van der Waals surface area contributed by atoms with Crippen LogP contribution in [0.25, 0.3) is 26.4 Å². The molecule has 0 unspecified atom stereocenters. The molecular weight excluding hydrogens is 467 g/mol. The molecule has 2 aromatic carbocycles. The van der Waals surface area contributed by atoms with Crippen LogP contribution in [0.4, 0.5) is 0 Å². The quantitative estimate of drug-likeness (QED) is 0.243. The van der Waals surface area contributed by atoms with Crippen LogP contribution in [0.1, 0.15) is 10.4 Å². The summed E-state index contributed by atoms with van der Waals surface area (Å²) in [5.41, 5.74) is 3.38. The van der Waals surface area contributed by atoms with E-state index in [0.29, 0.717) is 5.56 Å². The molecule has 132 valence electrons. The van der Waals surface area contributed by atoms with E-state index in [4.69, 9.17) is 5.21 Å². The number of carbonyl (C=O) groups is 1. The van der Waals surface area contributed by atoms with Gasteiger partial charge in [-0.05, 0) is 0 Å². The maximum absolute atomic E-state index is 11.6. The van der Waals surface area contributed by atoms with Crippen LogP contribution in [0.5, 0.6) is 0 Å². The van der Waals surface area contributed by atoms with Crippen molar-refractivity contribution in [3.05, 3.63) is 62.7 Å². The summed E-state index contributed by atoms with van der Waals surface area (Å²) >= 11 is 0.434. The Balaban J connectivity index is 1.71. The molecular formula is C17H13IN4O3S. The van der Waals surface area contributed by atoms with E-state index in [-0.39, 0.29) is 9.04 Å². The number of nitrogens with zero attached hydrogens (tertiary/aromatic N) is 3. The molecule has 4 aromatic rings. The Morgan fingerprint density at radius 1 is 1.27 bits per heavy atom. The Labute approximate surface area is 162 Å². The third kappa shape index (κ3) is 3.03. The van der Waals surface area contributed by atoms with Gasteiger partial charge in [-0.3, -0.25) is 4.79 Å². The van der Waals surface area contributed by atoms with Crippen LogP contribution in [-0.2, 0) is 0 Å². The number of nitrogens with one attached hydrogen (secondary N) is 1. The first-order valence-electron chi connectivity index (χ1n) is 7.60. The van der Waals surface area contributed by atoms with Crippen LogP contribution in [-0.4, -0.2) is 30.7 Å². The summed E-state index contributed by atoms with van der Waals surface area (Å²) in [6.07, 6.45) is 1.96. The summed E-state index contributed by atoms with van der Waals surface area (Å²) in [5, 5.41) is 11.5. The molecule has 0 saturated heterocycles. The van der Waals surface area contributed by atoms with E-state index in [2.05, 4.69) is 10.3 Å². The van der Waals surface area contributed by atoms with Crippen LogP contribution in [0.15, 0.2) is 48.7 Å². The van der Waals surface area contributed by atoms with Gasteiger partial charge in [-0.25, -0.2) is 0 Å². The van der Waals surface area contributed by atoms with Crippen molar-refractivity contribution >= 4 is 32.4 Å². The van der Waals surface area contributed by atoms with Gasteiger partial charge in [-0.1, -0.05) is 0 Å². The fourth-order valence-corrected chi connectivity index (χ4v) is 5.21. The van der Waals surface area contributed by atoms with E-state index in [0.717, 1.165) is 30.0 Å². The number of rotatable bonds is 4. The molecule has 4 rings (SSSR count). The second kappa shape index (κ2) is 6.65. The first kappa shape index (κ1) is 16.9. The molecule has 7 nitrogen and oxygen atoms in total. The Hall–Kier alpha value is -2.53. The van der Waals surface area contributed by atoms with Gasteiger partial charge in [0.1, 0.15) is 0 Å². The number of benzene rings is 2. The Kier molecular flexibility index (Phi) is 4.32. The summed E-state index contributed by atoms with van der Waals surface area (Å²) in [6.45, 7) is 0. The first-order chi connectivity index (χ1) is 12.5. The normalized spacial score (nSPS) is 11.3.